The summed E-state index contributed by atoms with van der Waals surface area (Å²) in [5.74, 6) is 0. The highest BCUT2D eigenvalue weighted by Crippen LogP contribution is 2.18. The number of nitrogens with one attached hydrogen (secondary N) is 2. The number of aromatic nitrogens is 1. The summed E-state index contributed by atoms with van der Waals surface area (Å²) in [4.78, 5) is 3.79. The Morgan fingerprint density at radius 3 is 3.00 bits per heavy atom. The third-order valence-electron chi connectivity index (χ3n) is 2.77. The van der Waals surface area contributed by atoms with Crippen LogP contribution in [0, 0.1) is 5.41 Å². The lowest BCUT2D eigenvalue weighted by atomic mass is 10.1. The van der Waals surface area contributed by atoms with Crippen LogP contribution in [0.4, 0.5) is 0 Å². The first-order chi connectivity index (χ1) is 7.40. The van der Waals surface area contributed by atoms with E-state index in [0.717, 1.165) is 25.0 Å². The van der Waals surface area contributed by atoms with Crippen LogP contribution in [-0.4, -0.2) is 30.2 Å². The first-order valence-corrected chi connectivity index (χ1v) is 5.30. The molecule has 0 radical (unpaired) electrons. The molecule has 1 aromatic rings. The van der Waals surface area contributed by atoms with Gasteiger partial charge in [0, 0.05) is 30.2 Å². The summed E-state index contributed by atoms with van der Waals surface area (Å²) >= 11 is 0. The summed E-state index contributed by atoms with van der Waals surface area (Å²) in [7, 11) is 0. The monoisotopic (exact) mass is 204 g/mol. The van der Waals surface area contributed by atoms with Crippen LogP contribution in [0.15, 0.2) is 23.5 Å². The van der Waals surface area contributed by atoms with Gasteiger partial charge in [-0.1, -0.05) is 0 Å². The van der Waals surface area contributed by atoms with Crippen LogP contribution in [0.5, 0.6) is 0 Å². The van der Waals surface area contributed by atoms with Gasteiger partial charge in [0.15, 0.2) is 0 Å². The fourth-order valence-corrected chi connectivity index (χ4v) is 1.96. The second-order valence-electron chi connectivity index (χ2n) is 3.78. The van der Waals surface area contributed by atoms with E-state index < -0.39 is 0 Å². The minimum absolute atomic E-state index is 0.619. The molecule has 2 heterocycles. The van der Waals surface area contributed by atoms with E-state index in [-0.39, 0.29) is 0 Å². The summed E-state index contributed by atoms with van der Waals surface area (Å²) in [6, 6.07) is 2.66. The maximum absolute atomic E-state index is 6.82. The van der Waals surface area contributed by atoms with E-state index in [2.05, 4.69) is 27.3 Å². The average molecular weight is 204 g/mol. The molecule has 15 heavy (non-hydrogen) atoms. The van der Waals surface area contributed by atoms with Crippen LogP contribution in [0.25, 0.3) is 0 Å². The summed E-state index contributed by atoms with van der Waals surface area (Å²) < 4.78 is 2.26. The van der Waals surface area contributed by atoms with Gasteiger partial charge in [0.2, 0.25) is 0 Å². The molecular formula is C11H16N4. The van der Waals surface area contributed by atoms with Gasteiger partial charge in [-0.25, -0.2) is 4.99 Å². The molecule has 80 valence electrons. The van der Waals surface area contributed by atoms with E-state index >= 15 is 0 Å². The van der Waals surface area contributed by atoms with Gasteiger partial charge < -0.3 is 9.88 Å². The van der Waals surface area contributed by atoms with Crippen molar-refractivity contribution < 1.29 is 0 Å². The summed E-state index contributed by atoms with van der Waals surface area (Å²) in [6.07, 6.45) is 9.35. The Morgan fingerprint density at radius 1 is 1.47 bits per heavy atom. The zero-order valence-corrected chi connectivity index (χ0v) is 8.69. The summed E-state index contributed by atoms with van der Waals surface area (Å²) in [6.45, 7) is 2.21. The molecule has 0 atom stereocenters. The van der Waals surface area contributed by atoms with E-state index in [9.17, 15) is 0 Å². The molecule has 4 nitrogen and oxygen atoms in total. The lowest BCUT2D eigenvalue weighted by molar-refractivity contribution is 0.369. The molecule has 2 N–H and O–H groups in total. The van der Waals surface area contributed by atoms with Crippen molar-refractivity contribution in [2.75, 3.05) is 13.1 Å². The number of piperidine rings is 1. The Morgan fingerprint density at radius 2 is 2.27 bits per heavy atom. The molecular weight excluding hydrogens is 188 g/mol. The number of rotatable bonds is 3. The molecule has 1 saturated heterocycles. The minimum Gasteiger partial charge on any atom is -0.350 e. The first kappa shape index (κ1) is 10.1. The molecule has 2 rings (SSSR count). The highest BCUT2D eigenvalue weighted by atomic mass is 15.0. The van der Waals surface area contributed by atoms with Crippen molar-refractivity contribution in [3.8, 4) is 0 Å². The van der Waals surface area contributed by atoms with Crippen LogP contribution in [0.3, 0.4) is 0 Å². The van der Waals surface area contributed by atoms with Gasteiger partial charge in [-0.3, -0.25) is 5.41 Å². The van der Waals surface area contributed by atoms with Crippen molar-refractivity contribution in [1.29, 1.82) is 5.41 Å². The van der Waals surface area contributed by atoms with Crippen LogP contribution in [0.2, 0.25) is 0 Å². The van der Waals surface area contributed by atoms with Gasteiger partial charge in [0.1, 0.15) is 6.34 Å². The second-order valence-corrected chi connectivity index (χ2v) is 3.78. The maximum Gasteiger partial charge on any atom is 0.106 e. The van der Waals surface area contributed by atoms with Crippen LogP contribution in [0.1, 0.15) is 24.4 Å². The van der Waals surface area contributed by atoms with Crippen molar-refractivity contribution in [2.45, 2.75) is 18.9 Å². The fourth-order valence-electron chi connectivity index (χ4n) is 1.96. The van der Waals surface area contributed by atoms with E-state index in [0.29, 0.717) is 6.04 Å². The normalized spacial score (nSPS) is 18.4. The van der Waals surface area contributed by atoms with Gasteiger partial charge in [0.25, 0.3) is 0 Å². The zero-order valence-electron chi connectivity index (χ0n) is 8.69. The predicted octanol–water partition coefficient (Wildman–Crippen LogP) is 1.44. The summed E-state index contributed by atoms with van der Waals surface area (Å²) in [5, 5.41) is 10.2. The van der Waals surface area contributed by atoms with Crippen LogP contribution < -0.4 is 5.32 Å². The predicted molar refractivity (Wildman–Crippen MR) is 62.0 cm³/mol. The summed E-state index contributed by atoms with van der Waals surface area (Å²) in [5.41, 5.74) is 1.07. The highest BCUT2D eigenvalue weighted by Gasteiger charge is 2.13. The Balaban J connectivity index is 2.05. The Labute approximate surface area is 89.5 Å². The molecule has 0 spiro atoms. The number of hydrogen-bond acceptors (Lipinski definition) is 2. The minimum atomic E-state index is 0.619. The highest BCUT2D eigenvalue weighted by molar-refractivity contribution is 5.84. The molecule has 0 bridgehead atoms. The quantitative estimate of drug-likeness (QED) is 0.568. The molecule has 0 aliphatic carbocycles. The Hall–Kier alpha value is -1.42. The molecule has 1 aromatic heterocycles. The maximum atomic E-state index is 6.82. The van der Waals surface area contributed by atoms with Gasteiger partial charge in [0.05, 0.1) is 0 Å². The molecule has 1 aliphatic heterocycles. The number of nitrogens with zero attached hydrogens (tertiary/aromatic N) is 2. The van der Waals surface area contributed by atoms with E-state index in [1.165, 1.54) is 12.8 Å². The Bertz CT molecular complexity index is 347. The van der Waals surface area contributed by atoms with Gasteiger partial charge in [-0.15, -0.1) is 0 Å². The fraction of sp³-hybridized carbons (Fsp3) is 0.455. The van der Waals surface area contributed by atoms with Crippen LogP contribution >= 0.6 is 0 Å². The van der Waals surface area contributed by atoms with Crippen molar-refractivity contribution in [2.24, 2.45) is 4.99 Å². The first-order valence-electron chi connectivity index (χ1n) is 5.30. The molecule has 1 fully saturated rings. The zero-order chi connectivity index (χ0) is 10.5. The molecule has 0 saturated carbocycles. The topological polar surface area (TPSA) is 53.2 Å². The number of hydrogen-bond donors (Lipinski definition) is 2. The van der Waals surface area contributed by atoms with Crippen molar-refractivity contribution >= 4 is 12.6 Å². The smallest absolute Gasteiger partial charge is 0.106 e. The lowest BCUT2D eigenvalue weighted by Crippen LogP contribution is -2.28. The van der Waals surface area contributed by atoms with Crippen molar-refractivity contribution in [3.05, 3.63) is 24.0 Å². The van der Waals surface area contributed by atoms with Gasteiger partial charge >= 0.3 is 0 Å². The number of aliphatic imine (C=N–C) groups is 1. The molecule has 4 heteroatoms. The second kappa shape index (κ2) is 4.89. The molecule has 0 amide bonds. The van der Waals surface area contributed by atoms with Gasteiger partial charge in [-0.05, 0) is 32.0 Å². The van der Waals surface area contributed by atoms with Crippen molar-refractivity contribution in [3.63, 3.8) is 0 Å². The third-order valence-corrected chi connectivity index (χ3v) is 2.77. The molecule has 0 aromatic carbocycles. The standard InChI is InChI=1S/C11H16N4/c12-9-14-7-10-3-6-15(8-10)11-1-4-13-5-2-11/h3,6-9,11-13H,1-2,4-5H2. The third kappa shape index (κ3) is 2.53. The van der Waals surface area contributed by atoms with E-state index in [4.69, 9.17) is 5.41 Å². The lowest BCUT2D eigenvalue weighted by Gasteiger charge is -2.24. The van der Waals surface area contributed by atoms with E-state index in [1.807, 2.05) is 6.07 Å². The average Bonchev–Trinajstić information content (AvgIpc) is 2.76. The Kier molecular flexibility index (Phi) is 3.29. The largest absolute Gasteiger partial charge is 0.350 e. The molecule has 0 unspecified atom stereocenters. The van der Waals surface area contributed by atoms with E-state index in [1.54, 1.807) is 6.21 Å². The van der Waals surface area contributed by atoms with Crippen LogP contribution in [-0.2, 0) is 0 Å². The van der Waals surface area contributed by atoms with Gasteiger partial charge in [-0.2, -0.15) is 0 Å². The SMILES string of the molecule is N=CN=Cc1ccn(C2CCNCC2)c1. The van der Waals surface area contributed by atoms with Crippen molar-refractivity contribution in [1.82, 2.24) is 9.88 Å². The molecule has 1 aliphatic rings.